The van der Waals surface area contributed by atoms with E-state index in [0.717, 1.165) is 6.42 Å². The molecule has 0 radical (unpaired) electrons. The number of piperidine rings is 1. The van der Waals surface area contributed by atoms with E-state index in [1.54, 1.807) is 13.8 Å². The summed E-state index contributed by atoms with van der Waals surface area (Å²) in [5.41, 5.74) is 1.60. The SMILES string of the molecule is Cc1noc(C)c1S(=O)(=O)N1CCC(C(=O)NCC(Cc2ccccc2)N(C)C)CC1. The molecule has 1 atom stereocenters. The second kappa shape index (κ2) is 9.93. The molecule has 1 saturated heterocycles. The molecule has 0 spiro atoms. The summed E-state index contributed by atoms with van der Waals surface area (Å²) in [4.78, 5) is 15.0. The Morgan fingerprint density at radius 1 is 1.23 bits per heavy atom. The second-order valence-corrected chi connectivity index (χ2v) is 10.3. The maximum atomic E-state index is 12.9. The van der Waals surface area contributed by atoms with E-state index < -0.39 is 10.0 Å². The zero-order valence-corrected chi connectivity index (χ0v) is 19.5. The molecular weight excluding hydrogens is 416 g/mol. The molecule has 9 heteroatoms. The van der Waals surface area contributed by atoms with Crippen LogP contribution in [0.4, 0.5) is 0 Å². The molecule has 2 heterocycles. The van der Waals surface area contributed by atoms with E-state index in [2.05, 4.69) is 27.5 Å². The first-order chi connectivity index (χ1) is 14.7. The molecule has 0 aliphatic carbocycles. The number of carbonyl (C=O) groups is 1. The van der Waals surface area contributed by atoms with E-state index in [1.165, 1.54) is 9.87 Å². The topological polar surface area (TPSA) is 95.8 Å². The first-order valence-electron chi connectivity index (χ1n) is 10.6. The van der Waals surface area contributed by atoms with Gasteiger partial charge in [0.25, 0.3) is 0 Å². The van der Waals surface area contributed by atoms with Crippen molar-refractivity contribution in [3.05, 3.63) is 47.3 Å². The number of amides is 1. The minimum Gasteiger partial charge on any atom is -0.360 e. The Labute approximate surface area is 184 Å². The standard InChI is InChI=1S/C22H32N4O4S/c1-16-21(17(2)30-24-16)31(28,29)26-12-10-19(11-13-26)22(27)23-15-20(25(3)4)14-18-8-6-5-7-9-18/h5-9,19-20H,10-15H2,1-4H3,(H,23,27). The normalized spacial score (nSPS) is 17.1. The monoisotopic (exact) mass is 448 g/mol. The molecule has 2 aromatic rings. The maximum Gasteiger partial charge on any atom is 0.248 e. The van der Waals surface area contributed by atoms with Crippen molar-refractivity contribution >= 4 is 15.9 Å². The highest BCUT2D eigenvalue weighted by atomic mass is 32.2. The molecule has 1 fully saturated rings. The van der Waals surface area contributed by atoms with Crippen LogP contribution >= 0.6 is 0 Å². The predicted octanol–water partition coefficient (Wildman–Crippen LogP) is 1.98. The van der Waals surface area contributed by atoms with E-state index in [0.29, 0.717) is 43.9 Å². The van der Waals surface area contributed by atoms with E-state index in [-0.39, 0.29) is 22.8 Å². The summed E-state index contributed by atoms with van der Waals surface area (Å²) >= 11 is 0. The zero-order chi connectivity index (χ0) is 22.6. The Bertz CT molecular complexity index is 961. The van der Waals surface area contributed by atoms with Gasteiger partial charge in [0, 0.05) is 31.6 Å². The Morgan fingerprint density at radius 3 is 2.42 bits per heavy atom. The third kappa shape index (κ3) is 5.53. The zero-order valence-electron chi connectivity index (χ0n) is 18.7. The van der Waals surface area contributed by atoms with Crippen LogP contribution in [0, 0.1) is 19.8 Å². The number of hydrogen-bond acceptors (Lipinski definition) is 6. The molecule has 1 amide bonds. The van der Waals surface area contributed by atoms with Gasteiger partial charge in [0.1, 0.15) is 10.6 Å². The summed E-state index contributed by atoms with van der Waals surface area (Å²) in [6, 6.07) is 10.4. The van der Waals surface area contributed by atoms with Crippen LogP contribution in [0.3, 0.4) is 0 Å². The molecule has 1 aliphatic heterocycles. The van der Waals surface area contributed by atoms with Crippen molar-refractivity contribution in [2.75, 3.05) is 33.7 Å². The molecular formula is C22H32N4O4S. The minimum absolute atomic E-state index is 0.00528. The molecule has 8 nitrogen and oxygen atoms in total. The van der Waals surface area contributed by atoms with Gasteiger partial charge >= 0.3 is 0 Å². The number of rotatable bonds is 8. The van der Waals surface area contributed by atoms with E-state index in [9.17, 15) is 13.2 Å². The summed E-state index contributed by atoms with van der Waals surface area (Å²) in [5, 5.41) is 6.84. The number of aromatic nitrogens is 1. The predicted molar refractivity (Wildman–Crippen MR) is 118 cm³/mol. The Balaban J connectivity index is 1.54. The second-order valence-electron chi connectivity index (χ2n) is 8.38. The van der Waals surface area contributed by atoms with Crippen molar-refractivity contribution < 1.29 is 17.7 Å². The first kappa shape index (κ1) is 23.4. The molecule has 1 aliphatic rings. The van der Waals surface area contributed by atoms with Crippen LogP contribution in [-0.2, 0) is 21.2 Å². The Morgan fingerprint density at radius 2 is 1.87 bits per heavy atom. The average molecular weight is 449 g/mol. The van der Waals surface area contributed by atoms with Gasteiger partial charge in [-0.3, -0.25) is 4.79 Å². The van der Waals surface area contributed by atoms with Crippen molar-refractivity contribution in [2.45, 2.75) is 44.0 Å². The number of nitrogens with zero attached hydrogens (tertiary/aromatic N) is 3. The van der Waals surface area contributed by atoms with Crippen LogP contribution in [0.2, 0.25) is 0 Å². The Hall–Kier alpha value is -2.23. The maximum absolute atomic E-state index is 12.9. The van der Waals surface area contributed by atoms with Crippen LogP contribution in [0.1, 0.15) is 29.9 Å². The molecule has 170 valence electrons. The van der Waals surface area contributed by atoms with Crippen molar-refractivity contribution in [1.29, 1.82) is 0 Å². The summed E-state index contributed by atoms with van der Waals surface area (Å²) in [5.74, 6) is 0.107. The van der Waals surface area contributed by atoms with E-state index in [4.69, 9.17) is 4.52 Å². The molecule has 1 N–H and O–H groups in total. The van der Waals surface area contributed by atoms with Crippen LogP contribution in [0.5, 0.6) is 0 Å². The quantitative estimate of drug-likeness (QED) is 0.663. The van der Waals surface area contributed by atoms with Gasteiger partial charge in [-0.25, -0.2) is 8.42 Å². The van der Waals surface area contributed by atoms with Gasteiger partial charge in [0.15, 0.2) is 5.76 Å². The van der Waals surface area contributed by atoms with E-state index >= 15 is 0 Å². The van der Waals surface area contributed by atoms with Crippen LogP contribution in [0.15, 0.2) is 39.8 Å². The largest absolute Gasteiger partial charge is 0.360 e. The van der Waals surface area contributed by atoms with Gasteiger partial charge < -0.3 is 14.7 Å². The molecule has 1 aromatic carbocycles. The van der Waals surface area contributed by atoms with Gasteiger partial charge in [0.05, 0.1) is 0 Å². The minimum atomic E-state index is -3.66. The van der Waals surface area contributed by atoms with Crippen molar-refractivity contribution in [3.63, 3.8) is 0 Å². The number of aryl methyl sites for hydroxylation is 2. The summed E-state index contributed by atoms with van der Waals surface area (Å²) in [7, 11) is 0.361. The highest BCUT2D eigenvalue weighted by molar-refractivity contribution is 7.89. The number of carbonyl (C=O) groups excluding carboxylic acids is 1. The van der Waals surface area contributed by atoms with Gasteiger partial charge in [-0.05, 0) is 52.8 Å². The fourth-order valence-electron chi connectivity index (χ4n) is 4.02. The number of sulfonamides is 1. The van der Waals surface area contributed by atoms with Crippen LogP contribution in [0.25, 0.3) is 0 Å². The average Bonchev–Trinajstić information content (AvgIpc) is 3.10. The summed E-state index contributed by atoms with van der Waals surface area (Å²) < 4.78 is 32.4. The third-order valence-corrected chi connectivity index (χ3v) is 8.09. The molecule has 1 aromatic heterocycles. The van der Waals surface area contributed by atoms with Gasteiger partial charge in [-0.1, -0.05) is 35.5 Å². The Kier molecular flexibility index (Phi) is 7.51. The smallest absolute Gasteiger partial charge is 0.248 e. The fourth-order valence-corrected chi connectivity index (χ4v) is 5.78. The molecule has 3 rings (SSSR count). The van der Waals surface area contributed by atoms with Gasteiger partial charge in [-0.2, -0.15) is 4.31 Å². The van der Waals surface area contributed by atoms with Crippen LogP contribution in [-0.4, -0.2) is 68.5 Å². The first-order valence-corrected chi connectivity index (χ1v) is 12.0. The van der Waals surface area contributed by atoms with Crippen molar-refractivity contribution in [1.82, 2.24) is 19.7 Å². The lowest BCUT2D eigenvalue weighted by atomic mass is 9.97. The lowest BCUT2D eigenvalue weighted by Crippen LogP contribution is -2.46. The molecule has 0 saturated carbocycles. The van der Waals surface area contributed by atoms with Gasteiger partial charge in [-0.15, -0.1) is 0 Å². The number of nitrogens with one attached hydrogen (secondary N) is 1. The van der Waals surface area contributed by atoms with Crippen molar-refractivity contribution in [3.8, 4) is 0 Å². The number of likely N-dealkylation sites (N-methyl/N-ethyl adjacent to an activating group) is 1. The molecule has 31 heavy (non-hydrogen) atoms. The van der Waals surface area contributed by atoms with Crippen molar-refractivity contribution in [2.24, 2.45) is 5.92 Å². The summed E-state index contributed by atoms with van der Waals surface area (Å²) in [6.45, 7) is 4.40. The fraction of sp³-hybridized carbons (Fsp3) is 0.545. The highest BCUT2D eigenvalue weighted by Crippen LogP contribution is 2.27. The highest BCUT2D eigenvalue weighted by Gasteiger charge is 2.35. The number of benzene rings is 1. The van der Waals surface area contributed by atoms with Crippen LogP contribution < -0.4 is 5.32 Å². The lowest BCUT2D eigenvalue weighted by Gasteiger charge is -2.31. The van der Waals surface area contributed by atoms with E-state index in [1.807, 2.05) is 32.3 Å². The molecule has 1 unspecified atom stereocenters. The lowest BCUT2D eigenvalue weighted by molar-refractivity contribution is -0.126. The third-order valence-electron chi connectivity index (χ3n) is 5.95. The summed E-state index contributed by atoms with van der Waals surface area (Å²) in [6.07, 6.45) is 1.85. The molecule has 0 bridgehead atoms. The van der Waals surface area contributed by atoms with Gasteiger partial charge in [0.2, 0.25) is 15.9 Å². The number of hydrogen-bond donors (Lipinski definition) is 1.